The molecule has 108 valence electrons. The van der Waals surface area contributed by atoms with Crippen LogP contribution in [-0.4, -0.2) is 9.36 Å². The van der Waals surface area contributed by atoms with Crippen LogP contribution in [0.2, 0.25) is 0 Å². The third-order valence-electron chi connectivity index (χ3n) is 3.72. The SMILES string of the molecule is Cc1ccc(-c2nsc3[nH]c4ccc(Br)cc4c(=O)c23)cc1. The van der Waals surface area contributed by atoms with Crippen molar-refractivity contribution in [3.63, 3.8) is 0 Å². The van der Waals surface area contributed by atoms with Crippen LogP contribution in [0.15, 0.2) is 51.7 Å². The van der Waals surface area contributed by atoms with Crippen LogP contribution >= 0.6 is 27.5 Å². The maximum Gasteiger partial charge on any atom is 0.200 e. The smallest absolute Gasteiger partial charge is 0.200 e. The van der Waals surface area contributed by atoms with Gasteiger partial charge in [0.15, 0.2) is 5.43 Å². The van der Waals surface area contributed by atoms with Gasteiger partial charge in [-0.1, -0.05) is 45.8 Å². The third kappa shape index (κ3) is 2.09. The molecule has 0 spiro atoms. The second kappa shape index (κ2) is 5.04. The maximum absolute atomic E-state index is 12.9. The standard InChI is InChI=1S/C17H11BrN2OS/c1-9-2-4-10(5-3-9)15-14-16(21)12-8-11(18)6-7-13(12)19-17(14)22-20-15/h2-8H,1H3,(H,19,21). The molecule has 0 saturated carbocycles. The van der Waals surface area contributed by atoms with Crippen molar-refractivity contribution in [1.29, 1.82) is 0 Å². The van der Waals surface area contributed by atoms with Gasteiger partial charge in [-0.05, 0) is 36.7 Å². The van der Waals surface area contributed by atoms with Crippen LogP contribution in [0.4, 0.5) is 0 Å². The molecule has 1 N–H and O–H groups in total. The first-order chi connectivity index (χ1) is 10.6. The van der Waals surface area contributed by atoms with Gasteiger partial charge in [-0.25, -0.2) is 0 Å². The number of nitrogens with zero attached hydrogens (tertiary/aromatic N) is 1. The number of fused-ring (bicyclic) bond motifs is 2. The Morgan fingerprint density at radius 3 is 2.68 bits per heavy atom. The van der Waals surface area contributed by atoms with Gasteiger partial charge in [-0.15, -0.1) is 0 Å². The Labute approximate surface area is 138 Å². The molecule has 5 heteroatoms. The number of halogens is 1. The Morgan fingerprint density at radius 1 is 1.14 bits per heavy atom. The minimum absolute atomic E-state index is 0.0226. The second-order valence-corrected chi connectivity index (χ2v) is 6.93. The van der Waals surface area contributed by atoms with Gasteiger partial charge < -0.3 is 4.98 Å². The number of pyridine rings is 1. The van der Waals surface area contributed by atoms with Crippen LogP contribution in [0, 0.1) is 6.92 Å². The zero-order valence-corrected chi connectivity index (χ0v) is 14.1. The molecule has 0 unspecified atom stereocenters. The molecule has 0 fully saturated rings. The Morgan fingerprint density at radius 2 is 1.91 bits per heavy atom. The lowest BCUT2D eigenvalue weighted by atomic mass is 10.1. The molecule has 4 aromatic rings. The Bertz CT molecular complexity index is 1060. The molecule has 0 aliphatic heterocycles. The monoisotopic (exact) mass is 370 g/mol. The molecule has 0 radical (unpaired) electrons. The van der Waals surface area contributed by atoms with Crippen molar-refractivity contribution in [2.75, 3.05) is 0 Å². The molecule has 0 aliphatic carbocycles. The van der Waals surface area contributed by atoms with Crippen LogP contribution in [-0.2, 0) is 0 Å². The third-order valence-corrected chi connectivity index (χ3v) is 4.97. The first kappa shape index (κ1) is 13.7. The summed E-state index contributed by atoms with van der Waals surface area (Å²) >= 11 is 4.76. The van der Waals surface area contributed by atoms with E-state index < -0.39 is 0 Å². The lowest BCUT2D eigenvalue weighted by molar-refractivity contribution is 1.45. The molecule has 3 nitrogen and oxygen atoms in total. The van der Waals surface area contributed by atoms with Crippen LogP contribution in [0.3, 0.4) is 0 Å². The van der Waals surface area contributed by atoms with Gasteiger partial charge in [0.1, 0.15) is 4.83 Å². The molecule has 0 saturated heterocycles. The summed E-state index contributed by atoms with van der Waals surface area (Å²) < 4.78 is 5.39. The minimum atomic E-state index is 0.0226. The number of hydrogen-bond donors (Lipinski definition) is 1. The molecule has 4 rings (SSSR count). The Hall–Kier alpha value is -1.98. The summed E-state index contributed by atoms with van der Waals surface area (Å²) in [6, 6.07) is 13.8. The number of H-pyrrole nitrogens is 1. The molecule has 0 bridgehead atoms. The number of aromatic nitrogens is 2. The van der Waals surface area contributed by atoms with Crippen LogP contribution < -0.4 is 5.43 Å². The minimum Gasteiger partial charge on any atom is -0.345 e. The van der Waals surface area contributed by atoms with Gasteiger partial charge in [0.05, 0.1) is 16.6 Å². The van der Waals surface area contributed by atoms with Crippen LogP contribution in [0.1, 0.15) is 5.56 Å². The van der Waals surface area contributed by atoms with Crippen LogP contribution in [0.25, 0.3) is 32.4 Å². The van der Waals surface area contributed by atoms with Crippen molar-refractivity contribution in [3.05, 3.63) is 62.7 Å². The lowest BCUT2D eigenvalue weighted by Gasteiger charge is -2.02. The fraction of sp³-hybridized carbons (Fsp3) is 0.0588. The summed E-state index contributed by atoms with van der Waals surface area (Å²) in [7, 11) is 0. The van der Waals surface area contributed by atoms with Crippen LogP contribution in [0.5, 0.6) is 0 Å². The number of hydrogen-bond acceptors (Lipinski definition) is 3. The first-order valence-corrected chi connectivity index (χ1v) is 8.38. The van der Waals surface area contributed by atoms with E-state index in [1.807, 2.05) is 49.4 Å². The summed E-state index contributed by atoms with van der Waals surface area (Å²) in [6.45, 7) is 2.04. The molecule has 2 aromatic carbocycles. The van der Waals surface area contributed by atoms with Gasteiger partial charge in [-0.2, -0.15) is 4.37 Å². The largest absolute Gasteiger partial charge is 0.345 e. The fourth-order valence-electron chi connectivity index (χ4n) is 2.56. The molecule has 0 amide bonds. The average molecular weight is 371 g/mol. The molecule has 0 atom stereocenters. The highest BCUT2D eigenvalue weighted by Crippen LogP contribution is 2.29. The number of nitrogens with one attached hydrogen (secondary N) is 1. The van der Waals surface area contributed by atoms with E-state index in [4.69, 9.17) is 0 Å². The van der Waals surface area contributed by atoms with E-state index in [1.165, 1.54) is 17.1 Å². The van der Waals surface area contributed by atoms with Crippen molar-refractivity contribution >= 4 is 48.6 Å². The molecular formula is C17H11BrN2OS. The molecule has 2 aromatic heterocycles. The van der Waals surface area contributed by atoms with E-state index in [1.54, 1.807) is 0 Å². The quantitative estimate of drug-likeness (QED) is 0.519. The lowest BCUT2D eigenvalue weighted by Crippen LogP contribution is -2.03. The van der Waals surface area contributed by atoms with Gasteiger partial charge >= 0.3 is 0 Å². The summed E-state index contributed by atoms with van der Waals surface area (Å²) in [5, 5.41) is 1.34. The molecule has 0 aliphatic rings. The molecule has 2 heterocycles. The highest BCUT2D eigenvalue weighted by molar-refractivity contribution is 9.10. The Balaban J connectivity index is 2.09. The topological polar surface area (TPSA) is 45.8 Å². The van der Waals surface area contributed by atoms with Crippen molar-refractivity contribution in [1.82, 2.24) is 9.36 Å². The predicted molar refractivity (Wildman–Crippen MR) is 95.6 cm³/mol. The van der Waals surface area contributed by atoms with Crippen molar-refractivity contribution in [2.24, 2.45) is 0 Å². The second-order valence-electron chi connectivity index (χ2n) is 5.25. The summed E-state index contributed by atoms with van der Waals surface area (Å²) in [5.41, 5.74) is 3.76. The average Bonchev–Trinajstić information content (AvgIpc) is 2.93. The summed E-state index contributed by atoms with van der Waals surface area (Å²) in [4.78, 5) is 17.0. The number of benzene rings is 2. The Kier molecular flexibility index (Phi) is 3.13. The van der Waals surface area contributed by atoms with Gasteiger partial charge in [-0.3, -0.25) is 4.79 Å². The first-order valence-electron chi connectivity index (χ1n) is 6.81. The van der Waals surface area contributed by atoms with Crippen molar-refractivity contribution in [2.45, 2.75) is 6.92 Å². The van der Waals surface area contributed by atoms with E-state index in [0.29, 0.717) is 10.8 Å². The van der Waals surface area contributed by atoms with Gasteiger partial charge in [0.2, 0.25) is 0 Å². The zero-order valence-electron chi connectivity index (χ0n) is 11.7. The summed E-state index contributed by atoms with van der Waals surface area (Å²) in [5.74, 6) is 0. The highest BCUT2D eigenvalue weighted by atomic mass is 79.9. The zero-order chi connectivity index (χ0) is 15.3. The van der Waals surface area contributed by atoms with Gasteiger partial charge in [0, 0.05) is 15.4 Å². The number of aromatic amines is 1. The number of rotatable bonds is 1. The van der Waals surface area contributed by atoms with Crippen molar-refractivity contribution < 1.29 is 0 Å². The van der Waals surface area contributed by atoms with E-state index in [9.17, 15) is 4.79 Å². The van der Waals surface area contributed by atoms with E-state index in [-0.39, 0.29) is 5.43 Å². The fourth-order valence-corrected chi connectivity index (χ4v) is 3.74. The molecular weight excluding hydrogens is 360 g/mol. The number of aryl methyl sites for hydroxylation is 1. The maximum atomic E-state index is 12.9. The van der Waals surface area contributed by atoms with Crippen molar-refractivity contribution in [3.8, 4) is 11.3 Å². The van der Waals surface area contributed by atoms with E-state index in [2.05, 4.69) is 25.3 Å². The normalized spacial score (nSPS) is 11.4. The van der Waals surface area contributed by atoms with E-state index >= 15 is 0 Å². The predicted octanol–water partition coefficient (Wildman–Crippen LogP) is 4.88. The highest BCUT2D eigenvalue weighted by Gasteiger charge is 2.15. The molecule has 22 heavy (non-hydrogen) atoms. The van der Waals surface area contributed by atoms with E-state index in [0.717, 1.165) is 26.1 Å². The van der Waals surface area contributed by atoms with Gasteiger partial charge in [0.25, 0.3) is 0 Å². The summed E-state index contributed by atoms with van der Waals surface area (Å²) in [6.07, 6.45) is 0.